The lowest BCUT2D eigenvalue weighted by atomic mass is 10.1. The summed E-state index contributed by atoms with van der Waals surface area (Å²) in [6.07, 6.45) is -1.26. The molecule has 0 amide bonds. The number of alkyl halides is 4. The van der Waals surface area contributed by atoms with Crippen LogP contribution in [0.25, 0.3) is 6.08 Å². The van der Waals surface area contributed by atoms with E-state index in [0.29, 0.717) is 5.33 Å². The number of halogens is 4. The predicted molar refractivity (Wildman–Crippen MR) is 59.7 cm³/mol. The molecule has 0 aliphatic heterocycles. The summed E-state index contributed by atoms with van der Waals surface area (Å²) in [5.74, 6) is -1.82. The summed E-state index contributed by atoms with van der Waals surface area (Å²) in [6, 6.07) is 5.28. The molecule has 1 nitrogen and oxygen atoms in total. The maximum absolute atomic E-state index is 12.1. The van der Waals surface area contributed by atoms with Gasteiger partial charge in [0.15, 0.2) is 0 Å². The Hall–Kier alpha value is -1.10. The monoisotopic (exact) mass is 292 g/mol. The Balaban J connectivity index is 2.87. The van der Waals surface area contributed by atoms with Crippen LogP contribution in [0.15, 0.2) is 30.3 Å². The maximum atomic E-state index is 12.1. The molecule has 0 atom stereocenters. The van der Waals surface area contributed by atoms with E-state index in [1.54, 1.807) is 12.2 Å². The molecule has 0 fully saturated rings. The Kier molecular flexibility index (Phi) is 4.29. The van der Waals surface area contributed by atoms with E-state index < -0.39 is 12.0 Å². The van der Waals surface area contributed by atoms with Crippen molar-refractivity contribution in [2.45, 2.75) is 6.18 Å². The largest absolute Gasteiger partial charge is 0.454 e. The molecule has 0 heterocycles. The van der Waals surface area contributed by atoms with Crippen molar-refractivity contribution >= 4 is 27.8 Å². The number of allylic oxidation sites excluding steroid dienone is 1. The van der Waals surface area contributed by atoms with Crippen molar-refractivity contribution in [2.75, 3.05) is 5.33 Å². The molecule has 0 aliphatic rings. The lowest BCUT2D eigenvalue weighted by Gasteiger charge is -2.04. The average molecular weight is 293 g/mol. The van der Waals surface area contributed by atoms with Gasteiger partial charge >= 0.3 is 6.18 Å². The Morgan fingerprint density at radius 1 is 1.25 bits per heavy atom. The average Bonchev–Trinajstić information content (AvgIpc) is 2.25. The molecule has 1 aromatic carbocycles. The maximum Gasteiger partial charge on any atom is 0.454 e. The Labute approximate surface area is 99.1 Å². The van der Waals surface area contributed by atoms with E-state index in [2.05, 4.69) is 15.9 Å². The fraction of sp³-hybridized carbons (Fsp3) is 0.182. The first-order valence-electron chi connectivity index (χ1n) is 4.39. The first-order valence-corrected chi connectivity index (χ1v) is 5.51. The second kappa shape index (κ2) is 5.30. The zero-order valence-electron chi connectivity index (χ0n) is 8.09. The predicted octanol–water partition coefficient (Wildman–Crippen LogP) is 3.84. The molecule has 16 heavy (non-hydrogen) atoms. The molecule has 0 spiro atoms. The normalized spacial score (nSPS) is 12.0. The summed E-state index contributed by atoms with van der Waals surface area (Å²) in [4.78, 5) is 10.8. The molecule has 0 aliphatic carbocycles. The van der Waals surface area contributed by atoms with Crippen LogP contribution in [0.5, 0.6) is 0 Å². The van der Waals surface area contributed by atoms with Crippen LogP contribution in [-0.2, 0) is 0 Å². The number of Topliss-reactive ketones (excluding diaryl/α,β-unsaturated/α-hetero) is 1. The van der Waals surface area contributed by atoms with Gasteiger partial charge in [0, 0.05) is 10.9 Å². The van der Waals surface area contributed by atoms with Gasteiger partial charge in [0.1, 0.15) is 0 Å². The van der Waals surface area contributed by atoms with Crippen LogP contribution in [0.4, 0.5) is 13.2 Å². The van der Waals surface area contributed by atoms with Crippen molar-refractivity contribution < 1.29 is 18.0 Å². The van der Waals surface area contributed by atoms with E-state index >= 15 is 0 Å². The van der Waals surface area contributed by atoms with E-state index in [9.17, 15) is 18.0 Å². The second-order valence-electron chi connectivity index (χ2n) is 3.01. The van der Waals surface area contributed by atoms with E-state index in [1.165, 1.54) is 24.3 Å². The summed E-state index contributed by atoms with van der Waals surface area (Å²) < 4.78 is 36.2. The summed E-state index contributed by atoms with van der Waals surface area (Å²) in [6.45, 7) is 0. The Bertz CT molecular complexity index is 393. The first kappa shape index (κ1) is 13.0. The van der Waals surface area contributed by atoms with Crippen molar-refractivity contribution in [3.63, 3.8) is 0 Å². The summed E-state index contributed by atoms with van der Waals surface area (Å²) in [5, 5.41) is 0.663. The highest BCUT2D eigenvalue weighted by Gasteiger charge is 2.38. The standard InChI is InChI=1S/C11H8BrF3O/c12-7-1-2-8-3-5-9(6-4-8)10(16)11(13,14)15/h1-6H,7H2. The third-order valence-corrected chi connectivity index (χ3v) is 2.20. The Morgan fingerprint density at radius 3 is 2.25 bits per heavy atom. The first-order chi connectivity index (χ1) is 7.45. The molecule has 1 aromatic rings. The summed E-state index contributed by atoms with van der Waals surface area (Å²) >= 11 is 3.18. The zero-order valence-corrected chi connectivity index (χ0v) is 9.68. The molecule has 1 rings (SSSR count). The van der Waals surface area contributed by atoms with E-state index in [1.807, 2.05) is 0 Å². The molecule has 0 unspecified atom stereocenters. The topological polar surface area (TPSA) is 17.1 Å². The SMILES string of the molecule is O=C(c1ccc(C=CCBr)cc1)C(F)(F)F. The van der Waals surface area contributed by atoms with Crippen molar-refractivity contribution in [1.29, 1.82) is 0 Å². The molecule has 0 N–H and O–H groups in total. The zero-order chi connectivity index (χ0) is 12.2. The van der Waals surface area contributed by atoms with Gasteiger partial charge in [-0.05, 0) is 5.56 Å². The number of carbonyl (C=O) groups excluding carboxylic acids is 1. The van der Waals surface area contributed by atoms with Crippen LogP contribution in [0.1, 0.15) is 15.9 Å². The molecule has 0 saturated heterocycles. The minimum Gasteiger partial charge on any atom is -0.284 e. The van der Waals surface area contributed by atoms with Gasteiger partial charge in [0.2, 0.25) is 0 Å². The number of hydrogen-bond acceptors (Lipinski definition) is 1. The lowest BCUT2D eigenvalue weighted by Crippen LogP contribution is -2.22. The van der Waals surface area contributed by atoms with Gasteiger partial charge < -0.3 is 0 Å². The third-order valence-electron chi connectivity index (χ3n) is 1.83. The van der Waals surface area contributed by atoms with Gasteiger partial charge in [-0.25, -0.2) is 0 Å². The van der Waals surface area contributed by atoms with E-state index in [-0.39, 0.29) is 5.56 Å². The molecule has 0 saturated carbocycles. The van der Waals surface area contributed by atoms with Gasteiger partial charge in [0.25, 0.3) is 5.78 Å². The molecule has 0 radical (unpaired) electrons. The summed E-state index contributed by atoms with van der Waals surface area (Å²) in [5.41, 5.74) is 0.404. The van der Waals surface area contributed by atoms with Gasteiger partial charge in [-0.2, -0.15) is 13.2 Å². The molecule has 0 aromatic heterocycles. The highest BCUT2D eigenvalue weighted by atomic mass is 79.9. The Morgan fingerprint density at radius 2 is 1.81 bits per heavy atom. The molecule has 86 valence electrons. The van der Waals surface area contributed by atoms with Gasteiger partial charge in [-0.3, -0.25) is 4.79 Å². The van der Waals surface area contributed by atoms with E-state index in [4.69, 9.17) is 0 Å². The van der Waals surface area contributed by atoms with Crippen molar-refractivity contribution in [3.05, 3.63) is 41.5 Å². The van der Waals surface area contributed by atoms with Crippen LogP contribution in [-0.4, -0.2) is 17.3 Å². The molecule has 5 heteroatoms. The minimum atomic E-state index is -4.81. The van der Waals surface area contributed by atoms with Crippen molar-refractivity contribution in [1.82, 2.24) is 0 Å². The second-order valence-corrected chi connectivity index (χ2v) is 3.65. The smallest absolute Gasteiger partial charge is 0.284 e. The number of ketones is 1. The van der Waals surface area contributed by atoms with Crippen LogP contribution in [0.2, 0.25) is 0 Å². The minimum absolute atomic E-state index is 0.344. The van der Waals surface area contributed by atoms with Crippen LogP contribution in [0.3, 0.4) is 0 Å². The van der Waals surface area contributed by atoms with Gasteiger partial charge in [0.05, 0.1) is 0 Å². The highest BCUT2D eigenvalue weighted by Crippen LogP contribution is 2.21. The fourth-order valence-electron chi connectivity index (χ4n) is 1.09. The molecular formula is C11H8BrF3O. The van der Waals surface area contributed by atoms with Crippen LogP contribution >= 0.6 is 15.9 Å². The molecule has 0 bridgehead atoms. The van der Waals surface area contributed by atoms with Gasteiger partial charge in [-0.1, -0.05) is 52.3 Å². The quantitative estimate of drug-likeness (QED) is 0.611. The van der Waals surface area contributed by atoms with Crippen LogP contribution in [0, 0.1) is 0 Å². The third kappa shape index (κ3) is 3.48. The lowest BCUT2D eigenvalue weighted by molar-refractivity contribution is -0.0885. The van der Waals surface area contributed by atoms with Crippen LogP contribution < -0.4 is 0 Å². The number of carbonyl (C=O) groups is 1. The number of benzene rings is 1. The number of rotatable bonds is 3. The number of hydrogen-bond donors (Lipinski definition) is 0. The summed E-state index contributed by atoms with van der Waals surface area (Å²) in [7, 11) is 0. The van der Waals surface area contributed by atoms with E-state index in [0.717, 1.165) is 5.56 Å². The fourth-order valence-corrected chi connectivity index (χ4v) is 1.28. The van der Waals surface area contributed by atoms with Crippen molar-refractivity contribution in [2.24, 2.45) is 0 Å². The van der Waals surface area contributed by atoms with Crippen molar-refractivity contribution in [3.8, 4) is 0 Å². The molecular weight excluding hydrogens is 285 g/mol. The highest BCUT2D eigenvalue weighted by molar-refractivity contribution is 9.09. The van der Waals surface area contributed by atoms with Gasteiger partial charge in [-0.15, -0.1) is 0 Å².